The number of carbonyl (C=O) groups is 3. The van der Waals surface area contributed by atoms with Crippen LogP contribution in [0.4, 0.5) is 34.3 Å². The first-order valence-electron chi connectivity index (χ1n) is 9.54. The first-order valence-corrected chi connectivity index (χ1v) is 9.54. The standard InChI is InChI=1S/C18H19F3N6O4/c19-18(20,21)10-27-13-9-11(24-5-7-25(8-6-24)17(30)31)1-2-12(13)15(23-27)26-4-3-14(28)22-16(26)29/h1-2,9H,3-8,10H2,(H,30,31)(H,22,28,29). The van der Waals surface area contributed by atoms with Gasteiger partial charge in [0, 0.05) is 50.2 Å². The van der Waals surface area contributed by atoms with Gasteiger partial charge in [0.2, 0.25) is 5.91 Å². The van der Waals surface area contributed by atoms with Gasteiger partial charge in [0.1, 0.15) is 6.54 Å². The Hall–Kier alpha value is -3.51. The number of anilines is 2. The first kappa shape index (κ1) is 20.8. The number of alkyl halides is 3. The van der Waals surface area contributed by atoms with Crippen molar-refractivity contribution in [2.45, 2.75) is 19.1 Å². The number of piperazine rings is 1. The number of carboxylic acid groups (broad SMARTS) is 1. The smallest absolute Gasteiger partial charge is 0.408 e. The number of nitrogens with one attached hydrogen (secondary N) is 1. The van der Waals surface area contributed by atoms with Crippen molar-refractivity contribution >= 4 is 40.4 Å². The van der Waals surface area contributed by atoms with Gasteiger partial charge in [-0.3, -0.25) is 19.7 Å². The second-order valence-electron chi connectivity index (χ2n) is 7.31. The van der Waals surface area contributed by atoms with Crippen LogP contribution in [0.15, 0.2) is 18.2 Å². The van der Waals surface area contributed by atoms with E-state index in [0.717, 1.165) is 9.58 Å². The molecule has 2 aliphatic rings. The predicted molar refractivity (Wildman–Crippen MR) is 103 cm³/mol. The van der Waals surface area contributed by atoms with Crippen LogP contribution in [0, 0.1) is 0 Å². The van der Waals surface area contributed by atoms with Crippen molar-refractivity contribution in [3.8, 4) is 0 Å². The summed E-state index contributed by atoms with van der Waals surface area (Å²) in [5.41, 5.74) is 0.820. The summed E-state index contributed by atoms with van der Waals surface area (Å²) in [5.74, 6) is -0.408. The minimum atomic E-state index is -4.53. The number of carbonyl (C=O) groups excluding carboxylic acids is 2. The van der Waals surface area contributed by atoms with E-state index in [-0.39, 0.29) is 37.4 Å². The van der Waals surface area contributed by atoms with E-state index in [1.165, 1.54) is 4.90 Å². The number of halogens is 3. The quantitative estimate of drug-likeness (QED) is 0.754. The van der Waals surface area contributed by atoms with Crippen molar-refractivity contribution in [2.75, 3.05) is 42.5 Å². The predicted octanol–water partition coefficient (Wildman–Crippen LogP) is 1.84. The number of nitrogens with zero attached hydrogens (tertiary/aromatic N) is 5. The zero-order valence-corrected chi connectivity index (χ0v) is 16.2. The molecule has 2 fully saturated rings. The third-order valence-electron chi connectivity index (χ3n) is 5.27. The molecule has 3 heterocycles. The molecule has 4 amide bonds. The molecule has 4 rings (SSSR count). The van der Waals surface area contributed by atoms with Crippen LogP contribution in [0.5, 0.6) is 0 Å². The lowest BCUT2D eigenvalue weighted by atomic mass is 10.1. The Bertz CT molecular complexity index is 1040. The molecule has 166 valence electrons. The first-order chi connectivity index (χ1) is 14.6. The maximum atomic E-state index is 13.2. The highest BCUT2D eigenvalue weighted by Crippen LogP contribution is 2.32. The Morgan fingerprint density at radius 3 is 2.45 bits per heavy atom. The normalized spacial score (nSPS) is 18.0. The molecule has 0 aliphatic carbocycles. The van der Waals surface area contributed by atoms with Crippen LogP contribution >= 0.6 is 0 Å². The average Bonchev–Trinajstić information content (AvgIpc) is 3.04. The number of amides is 4. The third-order valence-corrected chi connectivity index (χ3v) is 5.27. The van der Waals surface area contributed by atoms with Crippen molar-refractivity contribution in [2.24, 2.45) is 0 Å². The monoisotopic (exact) mass is 440 g/mol. The maximum Gasteiger partial charge on any atom is 0.408 e. The highest BCUT2D eigenvalue weighted by molar-refractivity contribution is 6.09. The molecule has 0 spiro atoms. The minimum absolute atomic E-state index is 0.0156. The van der Waals surface area contributed by atoms with Gasteiger partial charge in [-0.1, -0.05) is 0 Å². The lowest BCUT2D eigenvalue weighted by Crippen LogP contribution is -2.49. The number of urea groups is 1. The molecular formula is C18H19F3N6O4. The summed E-state index contributed by atoms with van der Waals surface area (Å²) in [6, 6.07) is 4.12. The molecule has 2 N–H and O–H groups in total. The number of aromatic nitrogens is 2. The van der Waals surface area contributed by atoms with Gasteiger partial charge in [-0.25, -0.2) is 9.59 Å². The molecule has 1 aromatic carbocycles. The number of rotatable bonds is 3. The van der Waals surface area contributed by atoms with Crippen LogP contribution in [-0.4, -0.2) is 76.7 Å². The second kappa shape index (κ2) is 7.63. The van der Waals surface area contributed by atoms with Crippen molar-refractivity contribution in [1.82, 2.24) is 20.0 Å². The van der Waals surface area contributed by atoms with Crippen LogP contribution in [0.1, 0.15) is 6.42 Å². The highest BCUT2D eigenvalue weighted by atomic mass is 19.4. The Kier molecular flexibility index (Phi) is 5.11. The zero-order chi connectivity index (χ0) is 22.3. The third kappa shape index (κ3) is 4.20. The van der Waals surface area contributed by atoms with E-state index in [4.69, 9.17) is 5.11 Å². The minimum Gasteiger partial charge on any atom is -0.465 e. The summed E-state index contributed by atoms with van der Waals surface area (Å²) in [5, 5.41) is 15.6. The molecule has 0 saturated carbocycles. The van der Waals surface area contributed by atoms with Gasteiger partial charge in [0.15, 0.2) is 5.82 Å². The molecule has 0 unspecified atom stereocenters. The summed E-state index contributed by atoms with van der Waals surface area (Å²) in [7, 11) is 0. The Morgan fingerprint density at radius 1 is 1.13 bits per heavy atom. The van der Waals surface area contributed by atoms with Crippen molar-refractivity contribution < 1.29 is 32.7 Å². The van der Waals surface area contributed by atoms with E-state index < -0.39 is 30.8 Å². The van der Waals surface area contributed by atoms with Crippen molar-refractivity contribution in [1.29, 1.82) is 0 Å². The summed E-state index contributed by atoms with van der Waals surface area (Å²) in [6.45, 7) is 0.0318. The fraction of sp³-hybridized carbons (Fsp3) is 0.444. The van der Waals surface area contributed by atoms with E-state index >= 15 is 0 Å². The molecule has 2 saturated heterocycles. The Labute approximate surface area is 173 Å². The fourth-order valence-electron chi connectivity index (χ4n) is 3.75. The second-order valence-corrected chi connectivity index (χ2v) is 7.31. The van der Waals surface area contributed by atoms with Gasteiger partial charge in [-0.05, 0) is 18.2 Å². The van der Waals surface area contributed by atoms with Crippen LogP contribution in [0.25, 0.3) is 10.9 Å². The average molecular weight is 440 g/mol. The van der Waals surface area contributed by atoms with Gasteiger partial charge >= 0.3 is 18.3 Å². The molecule has 2 aliphatic heterocycles. The van der Waals surface area contributed by atoms with E-state index in [2.05, 4.69) is 10.4 Å². The number of benzene rings is 1. The molecule has 10 nitrogen and oxygen atoms in total. The zero-order valence-electron chi connectivity index (χ0n) is 16.2. The Balaban J connectivity index is 1.70. The van der Waals surface area contributed by atoms with Gasteiger partial charge in [-0.15, -0.1) is 0 Å². The van der Waals surface area contributed by atoms with Gasteiger partial charge < -0.3 is 14.9 Å². The maximum absolute atomic E-state index is 13.2. The lowest BCUT2D eigenvalue weighted by molar-refractivity contribution is -0.141. The summed E-state index contributed by atoms with van der Waals surface area (Å²) in [4.78, 5) is 39.0. The topological polar surface area (TPSA) is 111 Å². The fourth-order valence-corrected chi connectivity index (χ4v) is 3.75. The number of fused-ring (bicyclic) bond motifs is 1. The number of hydrogen-bond donors (Lipinski definition) is 2. The number of imide groups is 1. The molecule has 0 atom stereocenters. The van der Waals surface area contributed by atoms with Gasteiger partial charge in [-0.2, -0.15) is 18.3 Å². The van der Waals surface area contributed by atoms with E-state index in [0.29, 0.717) is 24.2 Å². The molecule has 31 heavy (non-hydrogen) atoms. The van der Waals surface area contributed by atoms with Crippen LogP contribution in [0.2, 0.25) is 0 Å². The highest BCUT2D eigenvalue weighted by Gasteiger charge is 2.33. The van der Waals surface area contributed by atoms with Gasteiger partial charge in [0.25, 0.3) is 0 Å². The van der Waals surface area contributed by atoms with Crippen molar-refractivity contribution in [3.05, 3.63) is 18.2 Å². The lowest BCUT2D eigenvalue weighted by Gasteiger charge is -2.34. The summed E-state index contributed by atoms with van der Waals surface area (Å²) in [6.07, 6.45) is -5.52. The molecule has 13 heteroatoms. The number of hydrogen-bond acceptors (Lipinski definition) is 5. The van der Waals surface area contributed by atoms with Crippen molar-refractivity contribution in [3.63, 3.8) is 0 Å². The van der Waals surface area contributed by atoms with E-state index in [9.17, 15) is 27.6 Å². The molecule has 2 aromatic rings. The summed E-state index contributed by atoms with van der Waals surface area (Å²) >= 11 is 0. The van der Waals surface area contributed by atoms with Gasteiger partial charge in [0.05, 0.1) is 5.52 Å². The molecular weight excluding hydrogens is 421 g/mol. The SMILES string of the molecule is O=C1CCN(c2nn(CC(F)(F)F)c3cc(N4CCN(C(=O)O)CC4)ccc23)C(=O)N1. The Morgan fingerprint density at radius 2 is 1.84 bits per heavy atom. The molecule has 0 radical (unpaired) electrons. The van der Waals surface area contributed by atoms with Crippen LogP contribution in [-0.2, 0) is 11.3 Å². The van der Waals surface area contributed by atoms with Crippen LogP contribution in [0.3, 0.4) is 0 Å². The van der Waals surface area contributed by atoms with E-state index in [1.54, 1.807) is 18.2 Å². The summed E-state index contributed by atoms with van der Waals surface area (Å²) < 4.78 is 40.3. The van der Waals surface area contributed by atoms with E-state index in [1.807, 2.05) is 4.90 Å². The molecule has 0 bridgehead atoms. The van der Waals surface area contributed by atoms with Crippen LogP contribution < -0.4 is 15.1 Å². The molecule has 1 aromatic heterocycles. The largest absolute Gasteiger partial charge is 0.465 e.